The minimum atomic E-state index is -3.56. The largest absolute Gasteiger partial charge is 0.398 e. The highest BCUT2D eigenvalue weighted by Crippen LogP contribution is 2.25. The lowest BCUT2D eigenvalue weighted by Gasteiger charge is -2.16. The molecule has 1 heterocycles. The van der Waals surface area contributed by atoms with Crippen LogP contribution in [0.5, 0.6) is 0 Å². The highest BCUT2D eigenvalue weighted by molar-refractivity contribution is 7.91. The molecule has 0 aliphatic heterocycles. The van der Waals surface area contributed by atoms with Gasteiger partial charge in [0.2, 0.25) is 5.91 Å². The molecule has 2 aromatic rings. The molecule has 1 aromatic heterocycles. The first kappa shape index (κ1) is 15.5. The van der Waals surface area contributed by atoms with Crippen molar-refractivity contribution in [2.45, 2.75) is 10.8 Å². The van der Waals surface area contributed by atoms with Gasteiger partial charge in [-0.25, -0.2) is 8.42 Å². The quantitative estimate of drug-likeness (QED) is 0.862. The van der Waals surface area contributed by atoms with Gasteiger partial charge in [0.1, 0.15) is 4.21 Å². The monoisotopic (exact) mass is 325 g/mol. The first-order valence-electron chi connectivity index (χ1n) is 6.00. The molecular formula is C13H15N3O3S2. The Bertz CT molecular complexity index is 751. The van der Waals surface area contributed by atoms with Gasteiger partial charge in [-0.2, -0.15) is 4.31 Å². The fourth-order valence-electron chi connectivity index (χ4n) is 1.74. The Balaban J connectivity index is 2.17. The van der Waals surface area contributed by atoms with Crippen LogP contribution in [-0.4, -0.2) is 25.7 Å². The number of carbonyl (C=O) groups is 1. The summed E-state index contributed by atoms with van der Waals surface area (Å²) in [6.45, 7) is 0.194. The highest BCUT2D eigenvalue weighted by Gasteiger charge is 2.22. The Hall–Kier alpha value is -1.90. The van der Waals surface area contributed by atoms with Crippen LogP contribution in [0, 0.1) is 0 Å². The van der Waals surface area contributed by atoms with E-state index in [2.05, 4.69) is 0 Å². The lowest BCUT2D eigenvalue weighted by atomic mass is 10.1. The molecule has 0 aliphatic carbocycles. The van der Waals surface area contributed by atoms with Gasteiger partial charge in [-0.15, -0.1) is 11.3 Å². The molecule has 2 rings (SSSR count). The van der Waals surface area contributed by atoms with Gasteiger partial charge in [-0.3, -0.25) is 4.79 Å². The second-order valence-corrected chi connectivity index (χ2v) is 7.70. The number of benzene rings is 1. The van der Waals surface area contributed by atoms with Crippen molar-refractivity contribution < 1.29 is 13.2 Å². The summed E-state index contributed by atoms with van der Waals surface area (Å²) < 4.78 is 26.1. The fourth-order valence-corrected chi connectivity index (χ4v) is 4.18. The smallest absolute Gasteiger partial charge is 0.252 e. The van der Waals surface area contributed by atoms with Crippen molar-refractivity contribution >= 4 is 33.0 Å². The zero-order valence-electron chi connectivity index (χ0n) is 11.3. The lowest BCUT2D eigenvalue weighted by molar-refractivity contribution is 0.100. The van der Waals surface area contributed by atoms with E-state index in [0.29, 0.717) is 11.3 Å². The average Bonchev–Trinajstić information content (AvgIpc) is 2.86. The standard InChI is InChI=1S/C13H15N3O3S2/c1-16(21(18,19)12-6-11(14)8-20-12)7-9-2-4-10(5-3-9)13(15)17/h2-6,8H,7,14H2,1H3,(H2,15,17). The molecule has 0 radical (unpaired) electrons. The molecule has 21 heavy (non-hydrogen) atoms. The number of rotatable bonds is 5. The lowest BCUT2D eigenvalue weighted by Crippen LogP contribution is -2.25. The SMILES string of the molecule is CN(Cc1ccc(C(N)=O)cc1)S(=O)(=O)c1cc(N)cs1. The fraction of sp³-hybridized carbons (Fsp3) is 0.154. The van der Waals surface area contributed by atoms with Crippen molar-refractivity contribution in [1.82, 2.24) is 4.31 Å². The molecule has 1 amide bonds. The maximum absolute atomic E-state index is 12.3. The van der Waals surface area contributed by atoms with Crippen molar-refractivity contribution in [2.75, 3.05) is 12.8 Å². The second-order valence-electron chi connectivity index (χ2n) is 4.52. The van der Waals surface area contributed by atoms with Crippen LogP contribution in [0.3, 0.4) is 0 Å². The maximum atomic E-state index is 12.3. The molecule has 0 aliphatic rings. The third kappa shape index (κ3) is 3.41. The van der Waals surface area contributed by atoms with Gasteiger partial charge in [-0.05, 0) is 23.8 Å². The number of nitrogen functional groups attached to an aromatic ring is 1. The van der Waals surface area contributed by atoms with Gasteiger partial charge >= 0.3 is 0 Å². The summed E-state index contributed by atoms with van der Waals surface area (Å²) in [4.78, 5) is 11.0. The molecule has 0 spiro atoms. The van der Waals surface area contributed by atoms with E-state index >= 15 is 0 Å². The van der Waals surface area contributed by atoms with Crippen LogP contribution >= 0.6 is 11.3 Å². The van der Waals surface area contributed by atoms with E-state index in [1.807, 2.05) is 0 Å². The van der Waals surface area contributed by atoms with Gasteiger partial charge in [-0.1, -0.05) is 12.1 Å². The molecule has 0 bridgehead atoms. The number of sulfonamides is 1. The molecule has 0 saturated carbocycles. The summed E-state index contributed by atoms with van der Waals surface area (Å²) in [5, 5.41) is 1.59. The number of carbonyl (C=O) groups excluding carboxylic acids is 1. The minimum Gasteiger partial charge on any atom is -0.398 e. The topological polar surface area (TPSA) is 106 Å². The molecule has 0 saturated heterocycles. The van der Waals surface area contributed by atoms with E-state index in [1.165, 1.54) is 17.4 Å². The van der Waals surface area contributed by atoms with Crippen molar-refractivity contribution in [2.24, 2.45) is 5.73 Å². The predicted molar refractivity (Wildman–Crippen MR) is 82.3 cm³/mol. The van der Waals surface area contributed by atoms with Crippen molar-refractivity contribution in [3.8, 4) is 0 Å². The molecule has 0 fully saturated rings. The molecule has 8 heteroatoms. The number of hydrogen-bond donors (Lipinski definition) is 2. The van der Waals surface area contributed by atoms with Gasteiger partial charge in [0.15, 0.2) is 0 Å². The number of anilines is 1. The molecule has 112 valence electrons. The summed E-state index contributed by atoms with van der Waals surface area (Å²) in [7, 11) is -2.07. The van der Waals surface area contributed by atoms with Crippen LogP contribution < -0.4 is 11.5 Å². The minimum absolute atomic E-state index is 0.194. The summed E-state index contributed by atoms with van der Waals surface area (Å²) in [5.74, 6) is -0.517. The van der Waals surface area contributed by atoms with E-state index in [0.717, 1.165) is 16.9 Å². The van der Waals surface area contributed by atoms with Gasteiger partial charge < -0.3 is 11.5 Å². The normalized spacial score (nSPS) is 11.7. The Morgan fingerprint density at radius 2 is 1.90 bits per heavy atom. The summed E-state index contributed by atoms with van der Waals surface area (Å²) in [5.41, 5.74) is 12.3. The molecule has 6 nitrogen and oxygen atoms in total. The average molecular weight is 325 g/mol. The number of primary amides is 1. The zero-order valence-corrected chi connectivity index (χ0v) is 12.9. The van der Waals surface area contributed by atoms with Crippen LogP contribution in [0.1, 0.15) is 15.9 Å². The molecule has 0 atom stereocenters. The number of thiophene rings is 1. The van der Waals surface area contributed by atoms with Gasteiger partial charge in [0, 0.05) is 30.2 Å². The van der Waals surface area contributed by atoms with Crippen LogP contribution in [0.15, 0.2) is 39.9 Å². The molecule has 0 unspecified atom stereocenters. The highest BCUT2D eigenvalue weighted by atomic mass is 32.2. The number of hydrogen-bond acceptors (Lipinski definition) is 5. The van der Waals surface area contributed by atoms with Crippen molar-refractivity contribution in [3.63, 3.8) is 0 Å². The van der Waals surface area contributed by atoms with Gasteiger partial charge in [0.05, 0.1) is 0 Å². The Morgan fingerprint density at radius 1 is 1.29 bits per heavy atom. The summed E-state index contributed by atoms with van der Waals surface area (Å²) in [6.07, 6.45) is 0. The van der Waals surface area contributed by atoms with E-state index in [4.69, 9.17) is 11.5 Å². The Labute approximate surface area is 127 Å². The van der Waals surface area contributed by atoms with Crippen LogP contribution in [-0.2, 0) is 16.6 Å². The predicted octanol–water partition coefficient (Wildman–Crippen LogP) is 1.25. The van der Waals surface area contributed by atoms with E-state index in [-0.39, 0.29) is 10.8 Å². The zero-order chi connectivity index (χ0) is 15.6. The van der Waals surface area contributed by atoms with Crippen molar-refractivity contribution in [1.29, 1.82) is 0 Å². The molecular weight excluding hydrogens is 310 g/mol. The van der Waals surface area contributed by atoms with Crippen LogP contribution in [0.2, 0.25) is 0 Å². The summed E-state index contributed by atoms with van der Waals surface area (Å²) >= 11 is 1.09. The molecule has 4 N–H and O–H groups in total. The third-order valence-electron chi connectivity index (χ3n) is 2.90. The van der Waals surface area contributed by atoms with Crippen LogP contribution in [0.25, 0.3) is 0 Å². The second kappa shape index (κ2) is 5.84. The number of nitrogens with two attached hydrogens (primary N) is 2. The van der Waals surface area contributed by atoms with Crippen molar-refractivity contribution in [3.05, 3.63) is 46.8 Å². The third-order valence-corrected chi connectivity index (χ3v) is 6.14. The Morgan fingerprint density at radius 3 is 2.38 bits per heavy atom. The first-order chi connectivity index (χ1) is 9.80. The maximum Gasteiger partial charge on any atom is 0.252 e. The molecule has 1 aromatic carbocycles. The first-order valence-corrected chi connectivity index (χ1v) is 8.32. The van der Waals surface area contributed by atoms with Gasteiger partial charge in [0.25, 0.3) is 10.0 Å². The van der Waals surface area contributed by atoms with E-state index < -0.39 is 15.9 Å². The Kier molecular flexibility index (Phi) is 4.31. The van der Waals surface area contributed by atoms with Crippen LogP contribution in [0.4, 0.5) is 5.69 Å². The number of nitrogens with zero attached hydrogens (tertiary/aromatic N) is 1. The van der Waals surface area contributed by atoms with E-state index in [1.54, 1.807) is 29.6 Å². The number of amides is 1. The summed E-state index contributed by atoms with van der Waals surface area (Å²) in [6, 6.07) is 7.93. The van der Waals surface area contributed by atoms with E-state index in [9.17, 15) is 13.2 Å².